The first-order valence-corrected chi connectivity index (χ1v) is 7.17. The fourth-order valence-corrected chi connectivity index (χ4v) is 2.39. The van der Waals surface area contributed by atoms with Crippen molar-refractivity contribution in [3.8, 4) is 0 Å². The second kappa shape index (κ2) is 6.32. The number of halogens is 3. The molecule has 0 unspecified atom stereocenters. The van der Waals surface area contributed by atoms with E-state index in [9.17, 15) is 14.5 Å². The van der Waals surface area contributed by atoms with Gasteiger partial charge in [0.15, 0.2) is 0 Å². The molecule has 0 radical (unpaired) electrons. The second-order valence-electron chi connectivity index (χ2n) is 4.01. The van der Waals surface area contributed by atoms with Gasteiger partial charge in [-0.1, -0.05) is 31.9 Å². The molecule has 0 saturated carbocycles. The molecule has 0 fully saturated rings. The largest absolute Gasteiger partial charge is 0.378 e. The summed E-state index contributed by atoms with van der Waals surface area (Å²) >= 11 is 6.44. The lowest BCUT2D eigenvalue weighted by Gasteiger charge is -2.09. The predicted octanol–water partition coefficient (Wildman–Crippen LogP) is 4.87. The van der Waals surface area contributed by atoms with E-state index in [-0.39, 0.29) is 17.9 Å². The Morgan fingerprint density at radius 2 is 1.80 bits per heavy atom. The Hall–Kier alpha value is -1.47. The molecule has 0 aliphatic carbocycles. The second-order valence-corrected chi connectivity index (χ2v) is 5.84. The number of nitro groups is 1. The highest BCUT2D eigenvalue weighted by Crippen LogP contribution is 2.26. The van der Waals surface area contributed by atoms with Gasteiger partial charge in [0.05, 0.1) is 10.6 Å². The van der Waals surface area contributed by atoms with Crippen LogP contribution in [0, 0.1) is 15.9 Å². The SMILES string of the molecule is O=[N+]([O-])c1cc(Br)ccc1CNc1cc(Br)ccc1F. The van der Waals surface area contributed by atoms with Crippen molar-refractivity contribution in [2.75, 3.05) is 5.32 Å². The van der Waals surface area contributed by atoms with Crippen LogP contribution in [0.4, 0.5) is 15.8 Å². The third kappa shape index (κ3) is 3.55. The van der Waals surface area contributed by atoms with Gasteiger partial charge in [-0.05, 0) is 30.3 Å². The third-order valence-electron chi connectivity index (χ3n) is 2.64. The van der Waals surface area contributed by atoms with Crippen molar-refractivity contribution in [1.82, 2.24) is 0 Å². The summed E-state index contributed by atoms with van der Waals surface area (Å²) in [5.41, 5.74) is 0.761. The molecule has 0 aliphatic heterocycles. The van der Waals surface area contributed by atoms with E-state index in [4.69, 9.17) is 0 Å². The molecule has 20 heavy (non-hydrogen) atoms. The molecule has 2 rings (SSSR count). The van der Waals surface area contributed by atoms with Gasteiger partial charge in [0, 0.05) is 27.1 Å². The Labute approximate surface area is 131 Å². The van der Waals surface area contributed by atoms with Crippen LogP contribution in [-0.4, -0.2) is 4.92 Å². The first kappa shape index (κ1) is 14.9. The third-order valence-corrected chi connectivity index (χ3v) is 3.63. The number of nitrogens with one attached hydrogen (secondary N) is 1. The highest BCUT2D eigenvalue weighted by Gasteiger charge is 2.14. The maximum absolute atomic E-state index is 13.6. The quantitative estimate of drug-likeness (QED) is 0.585. The van der Waals surface area contributed by atoms with Crippen molar-refractivity contribution in [1.29, 1.82) is 0 Å². The molecule has 2 aromatic carbocycles. The van der Waals surface area contributed by atoms with Crippen molar-refractivity contribution >= 4 is 43.2 Å². The van der Waals surface area contributed by atoms with Crippen LogP contribution < -0.4 is 5.32 Å². The van der Waals surface area contributed by atoms with Crippen molar-refractivity contribution in [3.63, 3.8) is 0 Å². The number of nitro benzene ring substituents is 1. The van der Waals surface area contributed by atoms with Gasteiger partial charge in [0.25, 0.3) is 5.69 Å². The van der Waals surface area contributed by atoms with Gasteiger partial charge in [-0.15, -0.1) is 0 Å². The fraction of sp³-hybridized carbons (Fsp3) is 0.0769. The summed E-state index contributed by atoms with van der Waals surface area (Å²) in [6.45, 7) is 0.164. The Bertz CT molecular complexity index is 665. The number of anilines is 1. The summed E-state index contributed by atoms with van der Waals surface area (Å²) in [6.07, 6.45) is 0. The van der Waals surface area contributed by atoms with Gasteiger partial charge in [-0.3, -0.25) is 10.1 Å². The molecule has 7 heteroatoms. The average molecular weight is 404 g/mol. The van der Waals surface area contributed by atoms with E-state index in [1.807, 2.05) is 0 Å². The Morgan fingerprint density at radius 3 is 2.50 bits per heavy atom. The number of rotatable bonds is 4. The van der Waals surface area contributed by atoms with E-state index >= 15 is 0 Å². The van der Waals surface area contributed by atoms with Gasteiger partial charge >= 0.3 is 0 Å². The summed E-state index contributed by atoms with van der Waals surface area (Å²) in [5.74, 6) is -0.409. The lowest BCUT2D eigenvalue weighted by Crippen LogP contribution is -2.04. The number of benzene rings is 2. The van der Waals surface area contributed by atoms with Crippen LogP contribution in [-0.2, 0) is 6.54 Å². The molecule has 0 saturated heterocycles. The van der Waals surface area contributed by atoms with Crippen molar-refractivity contribution < 1.29 is 9.31 Å². The summed E-state index contributed by atoms with van der Waals surface area (Å²) in [7, 11) is 0. The molecule has 0 spiro atoms. The zero-order valence-corrected chi connectivity index (χ0v) is 13.2. The summed E-state index contributed by atoms with van der Waals surface area (Å²) < 4.78 is 14.9. The molecule has 0 aliphatic rings. The fourth-order valence-electron chi connectivity index (χ4n) is 1.68. The van der Waals surface area contributed by atoms with Crippen LogP contribution in [0.5, 0.6) is 0 Å². The number of hydrogen-bond acceptors (Lipinski definition) is 3. The number of nitrogens with zero attached hydrogens (tertiary/aromatic N) is 1. The Morgan fingerprint density at radius 1 is 1.15 bits per heavy atom. The first-order chi connectivity index (χ1) is 9.47. The normalized spacial score (nSPS) is 10.3. The van der Waals surface area contributed by atoms with E-state index in [0.717, 1.165) is 4.47 Å². The topological polar surface area (TPSA) is 55.2 Å². The summed E-state index contributed by atoms with van der Waals surface area (Å²) in [5, 5.41) is 13.8. The minimum atomic E-state index is -0.459. The van der Waals surface area contributed by atoms with E-state index in [1.54, 1.807) is 24.3 Å². The van der Waals surface area contributed by atoms with Crippen molar-refractivity contribution in [2.45, 2.75) is 6.54 Å². The van der Waals surface area contributed by atoms with Crippen LogP contribution in [0.15, 0.2) is 45.3 Å². The average Bonchev–Trinajstić information content (AvgIpc) is 2.40. The van der Waals surface area contributed by atoms with Gasteiger partial charge in [-0.25, -0.2) is 4.39 Å². The Balaban J connectivity index is 2.23. The van der Waals surface area contributed by atoms with Gasteiger partial charge in [0.1, 0.15) is 5.82 Å². The highest BCUT2D eigenvalue weighted by atomic mass is 79.9. The van der Waals surface area contributed by atoms with E-state index < -0.39 is 10.7 Å². The maximum Gasteiger partial charge on any atom is 0.275 e. The molecule has 0 bridgehead atoms. The molecule has 0 heterocycles. The van der Waals surface area contributed by atoms with Gasteiger partial charge in [0.2, 0.25) is 0 Å². The van der Waals surface area contributed by atoms with Gasteiger partial charge < -0.3 is 5.32 Å². The predicted molar refractivity (Wildman–Crippen MR) is 82.2 cm³/mol. The van der Waals surface area contributed by atoms with Crippen molar-refractivity contribution in [2.24, 2.45) is 0 Å². The van der Waals surface area contributed by atoms with Gasteiger partial charge in [-0.2, -0.15) is 0 Å². The lowest BCUT2D eigenvalue weighted by atomic mass is 10.1. The number of hydrogen-bond donors (Lipinski definition) is 1. The maximum atomic E-state index is 13.6. The van der Waals surface area contributed by atoms with Crippen molar-refractivity contribution in [3.05, 3.63) is 66.8 Å². The smallest absolute Gasteiger partial charge is 0.275 e. The molecule has 2 aromatic rings. The molecule has 4 nitrogen and oxygen atoms in total. The highest BCUT2D eigenvalue weighted by molar-refractivity contribution is 9.10. The van der Waals surface area contributed by atoms with Crippen LogP contribution >= 0.6 is 31.9 Å². The minimum absolute atomic E-state index is 0.0118. The molecule has 0 aromatic heterocycles. The summed E-state index contributed by atoms with van der Waals surface area (Å²) in [6, 6.07) is 9.26. The van der Waals surface area contributed by atoms with E-state index in [0.29, 0.717) is 10.0 Å². The van der Waals surface area contributed by atoms with Crippen LogP contribution in [0.25, 0.3) is 0 Å². The Kier molecular flexibility index (Phi) is 4.72. The summed E-state index contributed by atoms with van der Waals surface area (Å²) in [4.78, 5) is 10.5. The minimum Gasteiger partial charge on any atom is -0.378 e. The molecule has 1 N–H and O–H groups in total. The molecular weight excluding hydrogens is 395 g/mol. The van der Waals surface area contributed by atoms with Crippen LogP contribution in [0.3, 0.4) is 0 Å². The molecular formula is C13H9Br2FN2O2. The van der Waals surface area contributed by atoms with Crippen LogP contribution in [0.1, 0.15) is 5.56 Å². The monoisotopic (exact) mass is 402 g/mol. The van der Waals surface area contributed by atoms with E-state index in [2.05, 4.69) is 37.2 Å². The van der Waals surface area contributed by atoms with Crippen LogP contribution in [0.2, 0.25) is 0 Å². The first-order valence-electron chi connectivity index (χ1n) is 5.59. The molecule has 0 atom stereocenters. The standard InChI is InChI=1S/C13H9Br2FN2O2/c14-9-3-4-11(16)12(5-9)17-7-8-1-2-10(15)6-13(8)18(19)20/h1-6,17H,7H2. The molecule has 0 amide bonds. The zero-order chi connectivity index (χ0) is 14.7. The lowest BCUT2D eigenvalue weighted by molar-refractivity contribution is -0.385. The zero-order valence-electron chi connectivity index (χ0n) is 10.1. The van der Waals surface area contributed by atoms with E-state index in [1.165, 1.54) is 12.1 Å². The molecule has 104 valence electrons.